The second-order valence-electron chi connectivity index (χ2n) is 4.77. The third kappa shape index (κ3) is 3.55. The van der Waals surface area contributed by atoms with Gasteiger partial charge in [-0.25, -0.2) is 4.98 Å². The number of aromatic nitrogens is 1. The van der Waals surface area contributed by atoms with Crippen molar-refractivity contribution in [2.24, 2.45) is 0 Å². The zero-order valence-corrected chi connectivity index (χ0v) is 13.9. The normalized spacial score (nSPS) is 12.4. The number of methoxy groups -OCH3 is 1. The minimum atomic E-state index is -0.0231. The van der Waals surface area contributed by atoms with E-state index < -0.39 is 0 Å². The van der Waals surface area contributed by atoms with Crippen LogP contribution in [-0.4, -0.2) is 24.2 Å². The summed E-state index contributed by atoms with van der Waals surface area (Å²) in [5.74, 6) is 0. The molecule has 0 saturated heterocycles. The van der Waals surface area contributed by atoms with Crippen molar-refractivity contribution in [3.63, 3.8) is 0 Å². The molecule has 0 aliphatic heterocycles. The number of nitrogens with zero attached hydrogens (tertiary/aromatic N) is 2. The van der Waals surface area contributed by atoms with E-state index in [0.717, 1.165) is 26.3 Å². The fourth-order valence-electron chi connectivity index (χ4n) is 2.08. The number of hydrogen-bond acceptors (Lipinski definition) is 5. The average molecular weight is 327 g/mol. The van der Waals surface area contributed by atoms with Crippen molar-refractivity contribution in [2.75, 3.05) is 19.1 Å². The molecule has 0 amide bonds. The zero-order valence-electron chi connectivity index (χ0n) is 12.3. The van der Waals surface area contributed by atoms with Crippen molar-refractivity contribution in [3.05, 3.63) is 45.4 Å². The van der Waals surface area contributed by atoms with E-state index in [1.54, 1.807) is 7.11 Å². The SMILES string of the molecule is COCc1nc(N(C)C(C)c2ccccc2Cl)sc1CO. The van der Waals surface area contributed by atoms with Crippen LogP contribution in [0.4, 0.5) is 5.13 Å². The first-order chi connectivity index (χ1) is 10.1. The van der Waals surface area contributed by atoms with E-state index in [0.29, 0.717) is 6.61 Å². The van der Waals surface area contributed by atoms with Crippen molar-refractivity contribution in [2.45, 2.75) is 26.2 Å². The van der Waals surface area contributed by atoms with Crippen molar-refractivity contribution >= 4 is 28.1 Å². The smallest absolute Gasteiger partial charge is 0.186 e. The molecule has 1 atom stereocenters. The largest absolute Gasteiger partial charge is 0.391 e. The van der Waals surface area contributed by atoms with Crippen LogP contribution in [0.2, 0.25) is 5.02 Å². The summed E-state index contributed by atoms with van der Waals surface area (Å²) in [5, 5.41) is 11.0. The predicted molar refractivity (Wildman–Crippen MR) is 87.0 cm³/mol. The Kier molecular flexibility index (Phi) is 5.58. The van der Waals surface area contributed by atoms with Gasteiger partial charge in [-0.2, -0.15) is 0 Å². The Morgan fingerprint density at radius 1 is 1.43 bits per heavy atom. The van der Waals surface area contributed by atoms with Gasteiger partial charge in [0.1, 0.15) is 0 Å². The molecule has 114 valence electrons. The van der Waals surface area contributed by atoms with Crippen LogP contribution in [0, 0.1) is 0 Å². The molecule has 0 fully saturated rings. The second kappa shape index (κ2) is 7.22. The average Bonchev–Trinajstić information content (AvgIpc) is 2.90. The fourth-order valence-corrected chi connectivity index (χ4v) is 3.34. The molecule has 0 bridgehead atoms. The van der Waals surface area contributed by atoms with E-state index in [2.05, 4.69) is 16.8 Å². The summed E-state index contributed by atoms with van der Waals surface area (Å²) < 4.78 is 5.12. The van der Waals surface area contributed by atoms with Gasteiger partial charge in [0.2, 0.25) is 0 Å². The third-order valence-corrected chi connectivity index (χ3v) is 4.95. The van der Waals surface area contributed by atoms with Crippen LogP contribution in [0.5, 0.6) is 0 Å². The van der Waals surface area contributed by atoms with Gasteiger partial charge < -0.3 is 14.7 Å². The van der Waals surface area contributed by atoms with E-state index in [4.69, 9.17) is 16.3 Å². The molecule has 2 aromatic rings. The van der Waals surface area contributed by atoms with Crippen LogP contribution in [-0.2, 0) is 18.0 Å². The number of anilines is 1. The van der Waals surface area contributed by atoms with E-state index in [-0.39, 0.29) is 12.6 Å². The quantitative estimate of drug-likeness (QED) is 0.880. The molecule has 1 heterocycles. The highest BCUT2D eigenvalue weighted by atomic mass is 35.5. The molecular formula is C15H19ClN2O2S. The Hall–Kier alpha value is -1.14. The Morgan fingerprint density at radius 2 is 2.14 bits per heavy atom. The molecule has 1 unspecified atom stereocenters. The van der Waals surface area contributed by atoms with Gasteiger partial charge in [-0.05, 0) is 18.6 Å². The van der Waals surface area contributed by atoms with Gasteiger partial charge >= 0.3 is 0 Å². The molecule has 0 aliphatic carbocycles. The molecule has 21 heavy (non-hydrogen) atoms. The lowest BCUT2D eigenvalue weighted by Gasteiger charge is -2.25. The molecule has 0 saturated carbocycles. The van der Waals surface area contributed by atoms with Crippen molar-refractivity contribution in [1.29, 1.82) is 0 Å². The maximum absolute atomic E-state index is 9.42. The highest BCUT2D eigenvalue weighted by Gasteiger charge is 2.19. The molecule has 0 aliphatic rings. The number of aliphatic hydroxyl groups excluding tert-OH is 1. The highest BCUT2D eigenvalue weighted by Crippen LogP contribution is 2.33. The number of thiazole rings is 1. The van der Waals surface area contributed by atoms with Crippen LogP contribution in [0.1, 0.15) is 29.1 Å². The Balaban J connectivity index is 2.27. The Labute approximate surface area is 134 Å². The molecule has 0 spiro atoms. The lowest BCUT2D eigenvalue weighted by molar-refractivity contribution is 0.179. The summed E-state index contributed by atoms with van der Waals surface area (Å²) in [4.78, 5) is 7.46. The van der Waals surface area contributed by atoms with E-state index >= 15 is 0 Å². The summed E-state index contributed by atoms with van der Waals surface area (Å²) in [5.41, 5.74) is 1.84. The van der Waals surface area contributed by atoms with Gasteiger partial charge in [-0.15, -0.1) is 0 Å². The van der Waals surface area contributed by atoms with Crippen LogP contribution in [0.15, 0.2) is 24.3 Å². The first kappa shape index (κ1) is 16.2. The molecule has 2 rings (SSSR count). The number of halogens is 1. The maximum Gasteiger partial charge on any atom is 0.186 e. The fraction of sp³-hybridized carbons (Fsp3) is 0.400. The molecule has 1 aromatic heterocycles. The minimum Gasteiger partial charge on any atom is -0.391 e. The van der Waals surface area contributed by atoms with E-state index in [1.165, 1.54) is 11.3 Å². The molecule has 1 aromatic carbocycles. The molecule has 4 nitrogen and oxygen atoms in total. The minimum absolute atomic E-state index is 0.0231. The summed E-state index contributed by atoms with van der Waals surface area (Å²) >= 11 is 7.74. The van der Waals surface area contributed by atoms with Crippen LogP contribution in [0.3, 0.4) is 0 Å². The summed E-state index contributed by atoms with van der Waals surface area (Å²) in [6, 6.07) is 7.89. The molecular weight excluding hydrogens is 308 g/mol. The van der Waals surface area contributed by atoms with Crippen LogP contribution >= 0.6 is 22.9 Å². The number of benzene rings is 1. The Bertz CT molecular complexity index is 603. The number of hydrogen-bond donors (Lipinski definition) is 1. The van der Waals surface area contributed by atoms with Gasteiger partial charge in [-0.3, -0.25) is 0 Å². The molecule has 6 heteroatoms. The number of ether oxygens (including phenoxy) is 1. The van der Waals surface area contributed by atoms with Crippen LogP contribution < -0.4 is 4.90 Å². The van der Waals surface area contributed by atoms with Gasteiger partial charge in [-0.1, -0.05) is 41.1 Å². The van der Waals surface area contributed by atoms with Gasteiger partial charge in [0.15, 0.2) is 5.13 Å². The number of aliphatic hydroxyl groups is 1. The van der Waals surface area contributed by atoms with E-state index in [1.807, 2.05) is 31.3 Å². The predicted octanol–water partition coefficient (Wildman–Crippen LogP) is 3.63. The summed E-state index contributed by atoms with van der Waals surface area (Å²) in [6.45, 7) is 2.46. The number of rotatable bonds is 6. The van der Waals surface area contributed by atoms with Crippen molar-refractivity contribution in [3.8, 4) is 0 Å². The third-order valence-electron chi connectivity index (χ3n) is 3.43. The van der Waals surface area contributed by atoms with Crippen molar-refractivity contribution < 1.29 is 9.84 Å². The lowest BCUT2D eigenvalue weighted by Crippen LogP contribution is -2.21. The molecule has 0 radical (unpaired) electrons. The summed E-state index contributed by atoms with van der Waals surface area (Å²) in [6.07, 6.45) is 0. The first-order valence-corrected chi connectivity index (χ1v) is 7.83. The first-order valence-electron chi connectivity index (χ1n) is 6.64. The van der Waals surface area contributed by atoms with E-state index in [9.17, 15) is 5.11 Å². The molecule has 1 N–H and O–H groups in total. The highest BCUT2D eigenvalue weighted by molar-refractivity contribution is 7.15. The lowest BCUT2D eigenvalue weighted by atomic mass is 10.1. The standard InChI is InChI=1S/C15H19ClN2O2S/c1-10(11-6-4-5-7-12(11)16)18(2)15-17-13(9-20-3)14(8-19)21-15/h4-7,10,19H,8-9H2,1-3H3. The van der Waals surface area contributed by atoms with Gasteiger partial charge in [0.25, 0.3) is 0 Å². The van der Waals surface area contributed by atoms with Crippen molar-refractivity contribution in [1.82, 2.24) is 4.98 Å². The monoisotopic (exact) mass is 326 g/mol. The van der Waals surface area contributed by atoms with Crippen LogP contribution in [0.25, 0.3) is 0 Å². The maximum atomic E-state index is 9.42. The summed E-state index contributed by atoms with van der Waals surface area (Å²) in [7, 11) is 3.60. The van der Waals surface area contributed by atoms with Gasteiger partial charge in [0.05, 0.1) is 29.8 Å². The Morgan fingerprint density at radius 3 is 2.76 bits per heavy atom. The van der Waals surface area contributed by atoms with Gasteiger partial charge in [0, 0.05) is 19.2 Å². The second-order valence-corrected chi connectivity index (χ2v) is 6.24. The zero-order chi connectivity index (χ0) is 15.4. The topological polar surface area (TPSA) is 45.6 Å².